The summed E-state index contributed by atoms with van der Waals surface area (Å²) in [6, 6.07) is 7.58. The van der Waals surface area contributed by atoms with Crippen LogP contribution in [0, 0.1) is 30.6 Å². The van der Waals surface area contributed by atoms with Gasteiger partial charge in [-0.3, -0.25) is 19.2 Å². The van der Waals surface area contributed by atoms with Gasteiger partial charge in [-0.25, -0.2) is 0 Å². The Morgan fingerprint density at radius 3 is 2.26 bits per heavy atom. The van der Waals surface area contributed by atoms with Crippen LogP contribution in [0.15, 0.2) is 66.5 Å². The van der Waals surface area contributed by atoms with Gasteiger partial charge in [-0.15, -0.1) is 0 Å². The molecule has 3 aromatic carbocycles. The summed E-state index contributed by atoms with van der Waals surface area (Å²) in [5, 5.41) is 51.5. The number of carbonyl (C=O) groups excluding carboxylic acids is 4. The summed E-state index contributed by atoms with van der Waals surface area (Å²) in [6.45, 7) is 11.8. The number of ether oxygens (including phenoxy) is 5. The maximum atomic E-state index is 14.5. The van der Waals surface area contributed by atoms with Gasteiger partial charge >= 0.3 is 11.8 Å². The second kappa shape index (κ2) is 19.0. The van der Waals surface area contributed by atoms with Crippen molar-refractivity contribution in [3.63, 3.8) is 0 Å². The number of hydrogen-bond donors (Lipinski definition) is 6. The number of ketones is 1. The third kappa shape index (κ3) is 9.81. The highest BCUT2D eigenvalue weighted by atomic mass is 35.5. The minimum absolute atomic E-state index is 0.0507. The van der Waals surface area contributed by atoms with Gasteiger partial charge in [0.2, 0.25) is 0 Å². The van der Waals surface area contributed by atoms with Crippen LogP contribution in [0.1, 0.15) is 64.4 Å². The average molecular weight is 865 g/mol. The maximum Gasteiger partial charge on any atom is 0.312 e. The van der Waals surface area contributed by atoms with Crippen LogP contribution >= 0.6 is 11.6 Å². The van der Waals surface area contributed by atoms with E-state index < -0.39 is 95.5 Å². The molecule has 0 saturated carbocycles. The van der Waals surface area contributed by atoms with Crippen LogP contribution in [0.25, 0.3) is 10.8 Å². The number of carbonyl (C=O) groups is 4. The zero-order valence-electron chi connectivity index (χ0n) is 35.4. The molecule has 61 heavy (non-hydrogen) atoms. The summed E-state index contributed by atoms with van der Waals surface area (Å²) >= 11 is 5.98. The first kappa shape index (κ1) is 46.5. The van der Waals surface area contributed by atoms with Crippen molar-refractivity contribution in [2.45, 2.75) is 85.6 Å². The molecule has 0 spiro atoms. The second-order valence-electron chi connectivity index (χ2n) is 15.7. The first-order chi connectivity index (χ1) is 28.7. The van der Waals surface area contributed by atoms with E-state index in [9.17, 15) is 39.6 Å². The molecule has 0 unspecified atom stereocenters. The van der Waals surface area contributed by atoms with E-state index in [-0.39, 0.29) is 44.7 Å². The van der Waals surface area contributed by atoms with Gasteiger partial charge in [0.25, 0.3) is 17.6 Å². The average Bonchev–Trinajstić information content (AvgIpc) is 3.48. The number of fused-ring (bicyclic) bond motifs is 14. The Kier molecular flexibility index (Phi) is 14.5. The molecule has 5 bridgehead atoms. The van der Waals surface area contributed by atoms with Crippen molar-refractivity contribution in [2.75, 3.05) is 24.4 Å². The van der Waals surface area contributed by atoms with E-state index >= 15 is 0 Å². The first-order valence-electron chi connectivity index (χ1n) is 19.7. The number of benzene rings is 3. The Morgan fingerprint density at radius 2 is 1.62 bits per heavy atom. The van der Waals surface area contributed by atoms with Crippen molar-refractivity contribution in [1.82, 2.24) is 0 Å². The third-order valence-electron chi connectivity index (χ3n) is 11.3. The number of halogens is 1. The number of phenols is 2. The summed E-state index contributed by atoms with van der Waals surface area (Å²) in [5.74, 6) is -8.57. The zero-order chi connectivity index (χ0) is 45.1. The quantitative estimate of drug-likeness (QED) is 0.112. The fourth-order valence-electron chi connectivity index (χ4n) is 7.62. The number of nitrogens with one attached hydrogen (secondary N) is 2. The minimum atomic E-state index is -2.05. The molecule has 2 amide bonds. The Morgan fingerprint density at radius 1 is 0.951 bits per heavy atom. The lowest BCUT2D eigenvalue weighted by Crippen LogP contribution is -2.46. The van der Waals surface area contributed by atoms with E-state index in [1.54, 1.807) is 64.1 Å². The zero-order valence-corrected chi connectivity index (χ0v) is 36.2. The third-order valence-corrected chi connectivity index (χ3v) is 11.6. The summed E-state index contributed by atoms with van der Waals surface area (Å²) in [4.78, 5) is 53.5. The fourth-order valence-corrected chi connectivity index (χ4v) is 7.75. The Bertz CT molecular complexity index is 2270. The van der Waals surface area contributed by atoms with Gasteiger partial charge in [0.15, 0.2) is 12.4 Å². The van der Waals surface area contributed by atoms with E-state index in [2.05, 4.69) is 10.6 Å². The van der Waals surface area contributed by atoms with Gasteiger partial charge in [0, 0.05) is 77.9 Å². The lowest BCUT2D eigenvalue weighted by molar-refractivity contribution is -0.160. The summed E-state index contributed by atoms with van der Waals surface area (Å²) in [7, 11) is 1.43. The largest absolute Gasteiger partial charge is 0.507 e. The van der Waals surface area contributed by atoms with Crippen molar-refractivity contribution in [3.8, 4) is 23.0 Å². The molecular weight excluding hydrogens is 812 g/mol. The number of amides is 2. The molecule has 0 fully saturated rings. The molecule has 6 rings (SSSR count). The monoisotopic (exact) mass is 864 g/mol. The molecule has 0 radical (unpaired) electrons. The number of aromatic hydroxyl groups is 2. The van der Waals surface area contributed by atoms with Gasteiger partial charge < -0.3 is 54.7 Å². The molecular formula is C45H53ClN2O13. The van der Waals surface area contributed by atoms with Gasteiger partial charge in [-0.1, -0.05) is 57.5 Å². The highest BCUT2D eigenvalue weighted by molar-refractivity contribution is 6.30. The number of esters is 1. The van der Waals surface area contributed by atoms with Crippen LogP contribution in [0.4, 0.5) is 11.4 Å². The van der Waals surface area contributed by atoms with Crippen LogP contribution in [-0.4, -0.2) is 87.9 Å². The van der Waals surface area contributed by atoms with Gasteiger partial charge in [0.05, 0.1) is 41.2 Å². The van der Waals surface area contributed by atoms with E-state index in [0.29, 0.717) is 10.7 Å². The van der Waals surface area contributed by atoms with Crippen LogP contribution in [0.3, 0.4) is 0 Å². The molecule has 3 aromatic rings. The predicted molar refractivity (Wildman–Crippen MR) is 228 cm³/mol. The number of Topliss-reactive ketones (excluding diaryl/α,β-unsaturated/α-hetero) is 1. The number of allylic oxidation sites excluding steroid dienone is 2. The minimum Gasteiger partial charge on any atom is -0.507 e. The van der Waals surface area contributed by atoms with Crippen molar-refractivity contribution < 1.29 is 63.3 Å². The SMILES string of the molecule is CO[C@H]1/C=C/O[C@@]2(C)Oc3c(C)c(O)c4c(O)c(cc(OCC(=O)Nc5ccc(Cl)cc5)c4c3C2=O)NC(=O)/C(C)=C\C=C\[C@H](C)[C@H](O)[C@@H](C)[C@@H](O)[C@@H](C)[C@H](OC(C)=O)[C@@H]1C. The van der Waals surface area contributed by atoms with Crippen molar-refractivity contribution in [1.29, 1.82) is 0 Å². The Labute approximate surface area is 358 Å². The van der Waals surface area contributed by atoms with Crippen molar-refractivity contribution in [2.24, 2.45) is 23.7 Å². The first-order valence-corrected chi connectivity index (χ1v) is 20.1. The number of anilines is 2. The van der Waals surface area contributed by atoms with Crippen LogP contribution < -0.4 is 20.1 Å². The van der Waals surface area contributed by atoms with Crippen molar-refractivity contribution >= 4 is 57.3 Å². The van der Waals surface area contributed by atoms with Gasteiger partial charge in [-0.05, 0) is 44.2 Å². The summed E-state index contributed by atoms with van der Waals surface area (Å²) in [6.07, 6.45) is 3.47. The highest BCUT2D eigenvalue weighted by Crippen LogP contribution is 2.54. The maximum absolute atomic E-state index is 14.5. The Balaban J connectivity index is 1.65. The molecule has 15 nitrogen and oxygen atoms in total. The number of hydrogen-bond acceptors (Lipinski definition) is 13. The molecule has 0 saturated heterocycles. The second-order valence-corrected chi connectivity index (χ2v) is 16.2. The van der Waals surface area contributed by atoms with Crippen molar-refractivity contribution in [3.05, 3.63) is 82.6 Å². The molecule has 16 heteroatoms. The summed E-state index contributed by atoms with van der Waals surface area (Å²) in [5.41, 5.74) is 0.287. The van der Waals surface area contributed by atoms with Gasteiger partial charge in [0.1, 0.15) is 23.4 Å². The molecule has 6 N–H and O–H groups in total. The Hall–Kier alpha value is -5.61. The number of phenolic OH excluding ortho intramolecular Hbond substituents is 2. The number of methoxy groups -OCH3 is 1. The van der Waals surface area contributed by atoms with Gasteiger partial charge in [-0.2, -0.15) is 0 Å². The van der Waals surface area contributed by atoms with Crippen LogP contribution in [0.2, 0.25) is 5.02 Å². The molecule has 3 aliphatic heterocycles. The molecule has 3 aliphatic rings. The lowest BCUT2D eigenvalue weighted by atomic mass is 9.78. The van der Waals surface area contributed by atoms with Crippen LogP contribution in [0.5, 0.6) is 23.0 Å². The molecule has 9 atom stereocenters. The van der Waals surface area contributed by atoms with E-state index in [1.807, 2.05) is 0 Å². The summed E-state index contributed by atoms with van der Waals surface area (Å²) < 4.78 is 29.6. The normalized spacial score (nSPS) is 29.1. The van der Waals surface area contributed by atoms with E-state index in [1.165, 1.54) is 59.3 Å². The molecule has 0 aliphatic carbocycles. The predicted octanol–water partition coefficient (Wildman–Crippen LogP) is 6.72. The fraction of sp³-hybridized carbons (Fsp3) is 0.422. The lowest BCUT2D eigenvalue weighted by Gasteiger charge is -2.38. The molecule has 0 aromatic heterocycles. The highest BCUT2D eigenvalue weighted by Gasteiger charge is 2.49. The molecule has 328 valence electrons. The smallest absolute Gasteiger partial charge is 0.312 e. The number of aliphatic hydroxyl groups excluding tert-OH is 2. The number of rotatable bonds is 6. The standard InChI is InChI=1S/C45H53ClN2O13/c1-21-11-10-12-22(2)44(56)48-30-19-32(58-20-33(50)47-29-15-13-28(46)14-16-29)34-35(40(30)54)39(53)26(6)42-36(34)43(55)45(8,61-42)59-18-17-31(57-9)23(3)41(60-27(7)49)25(5)38(52)24(4)37(21)51/h10-19,21,23-25,31,37-38,41,51-54H,20H2,1-9H3,(H,47,50)(H,48,56)/b11-10+,18-17+,22-12-/t21-,23+,24+,25+,31-,37-,38+,41+,45-/m0/s1. The topological polar surface area (TPSA) is 219 Å². The van der Waals surface area contributed by atoms with Crippen LogP contribution in [-0.2, 0) is 28.6 Å². The van der Waals surface area contributed by atoms with E-state index in [4.69, 9.17) is 35.3 Å². The molecule has 3 heterocycles. The van der Waals surface area contributed by atoms with E-state index in [0.717, 1.165) is 0 Å². The number of aliphatic hydroxyl groups is 2.